The number of carbonyl (C=O) groups excluding carboxylic acids is 2. The van der Waals surface area contributed by atoms with Gasteiger partial charge in [0.1, 0.15) is 6.04 Å². The van der Waals surface area contributed by atoms with E-state index in [0.29, 0.717) is 5.56 Å². The van der Waals surface area contributed by atoms with Crippen LogP contribution in [0, 0.1) is 0 Å². The molecule has 0 spiro atoms. The number of halogens is 2. The lowest BCUT2D eigenvalue weighted by Crippen LogP contribution is -2.54. The van der Waals surface area contributed by atoms with E-state index >= 15 is 0 Å². The Labute approximate surface area is 103 Å². The maximum absolute atomic E-state index is 12.3. The molecule has 1 aromatic rings. The van der Waals surface area contributed by atoms with Crippen LogP contribution in [0.25, 0.3) is 0 Å². The first-order chi connectivity index (χ1) is 8.58. The summed E-state index contributed by atoms with van der Waals surface area (Å²) in [6.45, 7) is -1.03. The molecular weight excluding hydrogens is 242 g/mol. The molecule has 96 valence electrons. The van der Waals surface area contributed by atoms with Crippen molar-refractivity contribution in [3.05, 3.63) is 35.9 Å². The van der Waals surface area contributed by atoms with E-state index in [4.69, 9.17) is 0 Å². The van der Waals surface area contributed by atoms with Gasteiger partial charge in [-0.15, -0.1) is 0 Å². The molecule has 1 fully saturated rings. The van der Waals surface area contributed by atoms with Crippen molar-refractivity contribution in [1.29, 1.82) is 0 Å². The third-order valence-corrected chi connectivity index (χ3v) is 2.69. The maximum atomic E-state index is 12.3. The third-order valence-electron chi connectivity index (χ3n) is 2.69. The van der Waals surface area contributed by atoms with E-state index < -0.39 is 30.8 Å². The first kappa shape index (κ1) is 12.5. The third kappa shape index (κ3) is 2.64. The highest BCUT2D eigenvalue weighted by Crippen LogP contribution is 2.19. The van der Waals surface area contributed by atoms with Gasteiger partial charge >= 0.3 is 0 Å². The maximum Gasteiger partial charge on any atom is 0.255 e. The molecule has 1 aromatic carbocycles. The summed E-state index contributed by atoms with van der Waals surface area (Å²) < 4.78 is 24.6. The van der Waals surface area contributed by atoms with Crippen LogP contribution in [-0.2, 0) is 9.59 Å². The zero-order valence-corrected chi connectivity index (χ0v) is 9.48. The Bertz CT molecular complexity index is 451. The zero-order valence-electron chi connectivity index (χ0n) is 9.48. The molecule has 1 saturated heterocycles. The number of nitrogens with one attached hydrogen (secondary N) is 1. The fourth-order valence-corrected chi connectivity index (χ4v) is 1.89. The van der Waals surface area contributed by atoms with Crippen molar-refractivity contribution in [2.75, 3.05) is 13.1 Å². The molecule has 6 heteroatoms. The predicted octanol–water partition coefficient (Wildman–Crippen LogP) is 0.951. The van der Waals surface area contributed by atoms with Gasteiger partial charge in [0.2, 0.25) is 11.8 Å². The number of benzene rings is 1. The first-order valence-electron chi connectivity index (χ1n) is 5.49. The van der Waals surface area contributed by atoms with Crippen LogP contribution in [0.4, 0.5) is 8.78 Å². The average molecular weight is 254 g/mol. The predicted molar refractivity (Wildman–Crippen MR) is 59.9 cm³/mol. The standard InChI is InChI=1S/C12H12F2N2O2/c13-9(14)6-16-7-10(17)15-11(12(16)18)8-4-2-1-3-5-8/h1-5,9,11H,6-7H2,(H,15,17). The molecule has 0 bridgehead atoms. The van der Waals surface area contributed by atoms with Gasteiger partial charge in [0.25, 0.3) is 6.43 Å². The minimum Gasteiger partial charge on any atom is -0.339 e. The Morgan fingerprint density at radius 3 is 2.56 bits per heavy atom. The molecule has 1 atom stereocenters. The van der Waals surface area contributed by atoms with Crippen molar-refractivity contribution in [1.82, 2.24) is 10.2 Å². The molecule has 0 aromatic heterocycles. The monoisotopic (exact) mass is 254 g/mol. The molecule has 1 heterocycles. The fraction of sp³-hybridized carbons (Fsp3) is 0.333. The fourth-order valence-electron chi connectivity index (χ4n) is 1.89. The molecule has 4 nitrogen and oxygen atoms in total. The van der Waals surface area contributed by atoms with Gasteiger partial charge in [-0.1, -0.05) is 30.3 Å². The van der Waals surface area contributed by atoms with Crippen LogP contribution in [0.3, 0.4) is 0 Å². The van der Waals surface area contributed by atoms with E-state index in [0.717, 1.165) is 4.90 Å². The molecule has 2 rings (SSSR count). The summed E-state index contributed by atoms with van der Waals surface area (Å²) in [5.41, 5.74) is 0.592. The van der Waals surface area contributed by atoms with Crippen LogP contribution in [0.1, 0.15) is 11.6 Å². The van der Waals surface area contributed by atoms with Crippen LogP contribution in [-0.4, -0.2) is 36.2 Å². The normalized spacial score (nSPS) is 20.2. The van der Waals surface area contributed by atoms with E-state index in [9.17, 15) is 18.4 Å². The molecule has 18 heavy (non-hydrogen) atoms. The SMILES string of the molecule is O=C1CN(CC(F)F)C(=O)C(c2ccccc2)N1. The summed E-state index contributed by atoms with van der Waals surface area (Å²) in [4.78, 5) is 24.3. The van der Waals surface area contributed by atoms with Gasteiger partial charge < -0.3 is 10.2 Å². The Morgan fingerprint density at radius 2 is 1.94 bits per heavy atom. The van der Waals surface area contributed by atoms with E-state index in [2.05, 4.69) is 5.32 Å². The van der Waals surface area contributed by atoms with E-state index in [-0.39, 0.29) is 6.54 Å². The van der Waals surface area contributed by atoms with Gasteiger partial charge in [-0.25, -0.2) is 8.78 Å². The highest BCUT2D eigenvalue weighted by molar-refractivity contribution is 5.95. The Morgan fingerprint density at radius 1 is 1.28 bits per heavy atom. The van der Waals surface area contributed by atoms with Gasteiger partial charge in [0, 0.05) is 0 Å². The lowest BCUT2D eigenvalue weighted by Gasteiger charge is -2.32. The largest absolute Gasteiger partial charge is 0.339 e. The zero-order chi connectivity index (χ0) is 13.1. The van der Waals surface area contributed by atoms with Crippen molar-refractivity contribution in [3.8, 4) is 0 Å². The molecule has 0 radical (unpaired) electrons. The molecule has 1 aliphatic heterocycles. The van der Waals surface area contributed by atoms with Crippen LogP contribution in [0.15, 0.2) is 30.3 Å². The number of amides is 2. The second-order valence-electron chi connectivity index (χ2n) is 4.02. The summed E-state index contributed by atoms with van der Waals surface area (Å²) in [5, 5.41) is 2.51. The highest BCUT2D eigenvalue weighted by atomic mass is 19.3. The second-order valence-corrected chi connectivity index (χ2v) is 4.02. The van der Waals surface area contributed by atoms with Crippen LogP contribution >= 0.6 is 0 Å². The number of hydrogen-bond acceptors (Lipinski definition) is 2. The van der Waals surface area contributed by atoms with Crippen molar-refractivity contribution in [2.24, 2.45) is 0 Å². The van der Waals surface area contributed by atoms with Gasteiger partial charge in [0.05, 0.1) is 13.1 Å². The Balaban J connectivity index is 2.20. The Hall–Kier alpha value is -1.98. The first-order valence-corrected chi connectivity index (χ1v) is 5.49. The summed E-state index contributed by atoms with van der Waals surface area (Å²) in [5.74, 6) is -0.926. The summed E-state index contributed by atoms with van der Waals surface area (Å²) in [6, 6.07) is 7.70. The minimum atomic E-state index is -2.64. The van der Waals surface area contributed by atoms with Gasteiger partial charge in [0.15, 0.2) is 0 Å². The average Bonchev–Trinajstić information content (AvgIpc) is 2.34. The molecule has 1 aliphatic rings. The number of nitrogens with zero attached hydrogens (tertiary/aromatic N) is 1. The molecule has 0 aliphatic carbocycles. The van der Waals surface area contributed by atoms with E-state index in [1.54, 1.807) is 30.3 Å². The van der Waals surface area contributed by atoms with E-state index in [1.807, 2.05) is 0 Å². The topological polar surface area (TPSA) is 49.4 Å². The van der Waals surface area contributed by atoms with E-state index in [1.165, 1.54) is 0 Å². The smallest absolute Gasteiger partial charge is 0.255 e. The summed E-state index contributed by atoms with van der Waals surface area (Å²) in [6.07, 6.45) is -2.64. The van der Waals surface area contributed by atoms with Gasteiger partial charge in [-0.2, -0.15) is 0 Å². The van der Waals surface area contributed by atoms with Gasteiger partial charge in [-0.05, 0) is 5.56 Å². The molecule has 0 saturated carbocycles. The molecule has 1 unspecified atom stereocenters. The quantitative estimate of drug-likeness (QED) is 0.873. The molecular formula is C12H12F2N2O2. The molecule has 1 N–H and O–H groups in total. The number of hydrogen-bond donors (Lipinski definition) is 1. The van der Waals surface area contributed by atoms with Crippen molar-refractivity contribution < 1.29 is 18.4 Å². The summed E-state index contributed by atoms with van der Waals surface area (Å²) in [7, 11) is 0. The lowest BCUT2D eigenvalue weighted by atomic mass is 10.0. The Kier molecular flexibility index (Phi) is 3.55. The molecule has 2 amide bonds. The number of piperazine rings is 1. The van der Waals surface area contributed by atoms with Crippen LogP contribution < -0.4 is 5.32 Å². The van der Waals surface area contributed by atoms with Crippen molar-refractivity contribution >= 4 is 11.8 Å². The van der Waals surface area contributed by atoms with Crippen molar-refractivity contribution in [2.45, 2.75) is 12.5 Å². The highest BCUT2D eigenvalue weighted by Gasteiger charge is 2.34. The number of alkyl halides is 2. The summed E-state index contributed by atoms with van der Waals surface area (Å²) >= 11 is 0. The number of rotatable bonds is 3. The second kappa shape index (κ2) is 5.12. The van der Waals surface area contributed by atoms with Crippen LogP contribution in [0.5, 0.6) is 0 Å². The van der Waals surface area contributed by atoms with Crippen LogP contribution in [0.2, 0.25) is 0 Å². The lowest BCUT2D eigenvalue weighted by molar-refractivity contribution is -0.146. The van der Waals surface area contributed by atoms with Gasteiger partial charge in [-0.3, -0.25) is 9.59 Å². The minimum absolute atomic E-state index is 0.313. The number of carbonyl (C=O) groups is 2. The van der Waals surface area contributed by atoms with Crippen molar-refractivity contribution in [3.63, 3.8) is 0 Å².